The van der Waals surface area contributed by atoms with E-state index in [9.17, 15) is 20.1 Å². The molecule has 4 aliphatic carbocycles. The Morgan fingerprint density at radius 3 is 2.41 bits per heavy atom. The van der Waals surface area contributed by atoms with Gasteiger partial charge in [0, 0.05) is 12.3 Å². The van der Waals surface area contributed by atoms with Gasteiger partial charge < -0.3 is 20.1 Å². The third kappa shape index (κ3) is 4.28. The fourth-order valence-corrected chi connectivity index (χ4v) is 9.06. The maximum Gasteiger partial charge on any atom is 0.303 e. The van der Waals surface area contributed by atoms with E-state index in [4.69, 9.17) is 4.74 Å². The Kier molecular flexibility index (Phi) is 7.45. The van der Waals surface area contributed by atoms with Crippen LogP contribution in [-0.2, 0) is 9.53 Å². The summed E-state index contributed by atoms with van der Waals surface area (Å²) in [4.78, 5) is 12.4. The van der Waals surface area contributed by atoms with Gasteiger partial charge in [-0.05, 0) is 89.7 Å². The SMILES string of the molecule is C=C(CC[C@@H](C)[C@H]1CC=C2C3=C([C@@H](O)[C@H](OC(C)=O)[C@@]21C)[C@@]1(C)C[C@@H](O)[C@H](O)C(C)(C)[C@@H]1CC3)C(C)C. The second-order valence-corrected chi connectivity index (χ2v) is 14.0. The molecule has 9 atom stereocenters. The molecule has 0 heterocycles. The van der Waals surface area contributed by atoms with E-state index in [1.165, 1.54) is 23.6 Å². The van der Waals surface area contributed by atoms with Crippen LogP contribution in [0.4, 0.5) is 0 Å². The van der Waals surface area contributed by atoms with Crippen LogP contribution in [0.2, 0.25) is 0 Å². The first-order valence-corrected chi connectivity index (χ1v) is 14.4. The van der Waals surface area contributed by atoms with Gasteiger partial charge in [-0.15, -0.1) is 0 Å². The third-order valence-electron chi connectivity index (χ3n) is 11.2. The number of rotatable bonds is 6. The van der Waals surface area contributed by atoms with Crippen LogP contribution in [-0.4, -0.2) is 45.7 Å². The predicted molar refractivity (Wildman–Crippen MR) is 147 cm³/mol. The molecule has 5 nitrogen and oxygen atoms in total. The Labute approximate surface area is 224 Å². The van der Waals surface area contributed by atoms with Gasteiger partial charge in [-0.1, -0.05) is 66.7 Å². The lowest BCUT2D eigenvalue weighted by atomic mass is 9.45. The zero-order valence-electron chi connectivity index (χ0n) is 24.3. The van der Waals surface area contributed by atoms with E-state index >= 15 is 0 Å². The van der Waals surface area contributed by atoms with Crippen molar-refractivity contribution in [1.82, 2.24) is 0 Å². The molecule has 5 heteroatoms. The maximum atomic E-state index is 12.4. The van der Waals surface area contributed by atoms with Gasteiger partial charge in [0.1, 0.15) is 12.2 Å². The van der Waals surface area contributed by atoms with Gasteiger partial charge in [-0.25, -0.2) is 0 Å². The van der Waals surface area contributed by atoms with Gasteiger partial charge in [0.05, 0.1) is 12.2 Å². The summed E-state index contributed by atoms with van der Waals surface area (Å²) in [7, 11) is 0. The van der Waals surface area contributed by atoms with Gasteiger partial charge in [-0.3, -0.25) is 4.79 Å². The Bertz CT molecular complexity index is 1000. The fraction of sp³-hybridized carbons (Fsp3) is 0.781. The quantitative estimate of drug-likeness (QED) is 0.311. The van der Waals surface area contributed by atoms with Crippen LogP contribution in [0.5, 0.6) is 0 Å². The summed E-state index contributed by atoms with van der Waals surface area (Å²) in [6.07, 6.45) is 4.08. The number of carbonyl (C=O) groups excluding carboxylic acids is 1. The number of ether oxygens (including phenoxy) is 1. The summed E-state index contributed by atoms with van der Waals surface area (Å²) >= 11 is 0. The van der Waals surface area contributed by atoms with Crippen LogP contribution in [0.15, 0.2) is 34.9 Å². The van der Waals surface area contributed by atoms with Crippen LogP contribution in [0, 0.1) is 39.9 Å². The number of allylic oxidation sites excluding steroid dienone is 3. The normalized spacial score (nSPS) is 41.5. The average molecular weight is 515 g/mol. The number of aliphatic hydroxyl groups is 3. The standard InChI is InChI=1S/C32H50O5/c1-17(2)18(3)10-11-19(4)22-13-14-23-21-12-15-25-30(6,7)28(36)24(34)16-31(25,8)26(21)27(35)29(32(22,23)9)37-20(5)33/h14,17,19,22,24-25,27-29,34-36H,3,10-13,15-16H2,1-2,4-9H3/t19-,22-,24-,25+,27-,28+,29+,31+,32-/m1/s1. The molecular formula is C32H50O5. The van der Waals surface area contributed by atoms with E-state index in [1.807, 2.05) is 13.8 Å². The number of aliphatic hydroxyl groups excluding tert-OH is 3. The van der Waals surface area contributed by atoms with Gasteiger partial charge in [-0.2, -0.15) is 0 Å². The van der Waals surface area contributed by atoms with Crippen molar-refractivity contribution < 1.29 is 24.9 Å². The molecular weight excluding hydrogens is 464 g/mol. The molecule has 3 N–H and O–H groups in total. The van der Waals surface area contributed by atoms with Crippen LogP contribution >= 0.6 is 0 Å². The topological polar surface area (TPSA) is 87.0 Å². The molecule has 0 unspecified atom stereocenters. The van der Waals surface area contributed by atoms with E-state index in [-0.39, 0.29) is 17.8 Å². The zero-order chi connectivity index (χ0) is 27.7. The summed E-state index contributed by atoms with van der Waals surface area (Å²) in [6.45, 7) is 20.8. The first kappa shape index (κ1) is 28.6. The number of carbonyl (C=O) groups is 1. The lowest BCUT2D eigenvalue weighted by Crippen LogP contribution is -2.62. The highest BCUT2D eigenvalue weighted by atomic mass is 16.6. The predicted octanol–water partition coefficient (Wildman–Crippen LogP) is 5.74. The minimum atomic E-state index is -0.939. The second kappa shape index (κ2) is 9.64. The summed E-state index contributed by atoms with van der Waals surface area (Å²) in [5.41, 5.74) is 3.17. The highest BCUT2D eigenvalue weighted by Crippen LogP contribution is 2.67. The molecule has 37 heavy (non-hydrogen) atoms. The van der Waals surface area contributed by atoms with E-state index in [1.54, 1.807) is 0 Å². The molecule has 4 rings (SSSR count). The molecule has 4 aliphatic rings. The molecule has 0 aliphatic heterocycles. The van der Waals surface area contributed by atoms with E-state index in [2.05, 4.69) is 47.3 Å². The van der Waals surface area contributed by atoms with Crippen molar-refractivity contribution in [2.45, 2.75) is 118 Å². The maximum absolute atomic E-state index is 12.4. The van der Waals surface area contributed by atoms with Crippen LogP contribution in [0.3, 0.4) is 0 Å². The Hall–Kier alpha value is -1.43. The number of fused-ring (bicyclic) bond motifs is 4. The van der Waals surface area contributed by atoms with Crippen molar-refractivity contribution in [1.29, 1.82) is 0 Å². The molecule has 0 radical (unpaired) electrons. The lowest BCUT2D eigenvalue weighted by molar-refractivity contribution is -0.176. The first-order chi connectivity index (χ1) is 17.1. The van der Waals surface area contributed by atoms with Crippen LogP contribution < -0.4 is 0 Å². The Balaban J connectivity index is 1.78. The minimum Gasteiger partial charge on any atom is -0.458 e. The molecule has 1 fully saturated rings. The molecule has 0 saturated heterocycles. The third-order valence-corrected chi connectivity index (χ3v) is 11.2. The van der Waals surface area contributed by atoms with Gasteiger partial charge in [0.25, 0.3) is 0 Å². The summed E-state index contributed by atoms with van der Waals surface area (Å²) < 4.78 is 6.04. The van der Waals surface area contributed by atoms with Crippen molar-refractivity contribution >= 4 is 5.97 Å². The highest BCUT2D eigenvalue weighted by molar-refractivity contribution is 5.67. The number of esters is 1. The molecule has 0 aromatic carbocycles. The monoisotopic (exact) mass is 514 g/mol. The first-order valence-electron chi connectivity index (χ1n) is 14.4. The largest absolute Gasteiger partial charge is 0.458 e. The molecule has 0 aromatic rings. The van der Waals surface area contributed by atoms with Crippen molar-refractivity contribution in [2.24, 2.45) is 39.9 Å². The Morgan fingerprint density at radius 2 is 1.81 bits per heavy atom. The minimum absolute atomic E-state index is 0.105. The van der Waals surface area contributed by atoms with Crippen molar-refractivity contribution in [3.63, 3.8) is 0 Å². The van der Waals surface area contributed by atoms with Crippen molar-refractivity contribution in [3.05, 3.63) is 34.9 Å². The molecule has 0 spiro atoms. The molecule has 208 valence electrons. The summed E-state index contributed by atoms with van der Waals surface area (Å²) in [5, 5.41) is 33.9. The second-order valence-electron chi connectivity index (χ2n) is 14.0. The summed E-state index contributed by atoms with van der Waals surface area (Å²) in [6, 6.07) is 0. The fourth-order valence-electron chi connectivity index (χ4n) is 9.06. The Morgan fingerprint density at radius 1 is 1.16 bits per heavy atom. The van der Waals surface area contributed by atoms with Gasteiger partial charge in [0.2, 0.25) is 0 Å². The van der Waals surface area contributed by atoms with Gasteiger partial charge >= 0.3 is 5.97 Å². The summed E-state index contributed by atoms with van der Waals surface area (Å²) in [5.74, 6) is 0.808. The van der Waals surface area contributed by atoms with E-state index in [0.717, 1.165) is 37.7 Å². The van der Waals surface area contributed by atoms with Gasteiger partial charge in [0.15, 0.2) is 0 Å². The highest BCUT2D eigenvalue weighted by Gasteiger charge is 2.64. The average Bonchev–Trinajstić information content (AvgIpc) is 3.15. The molecule has 0 bridgehead atoms. The van der Waals surface area contributed by atoms with E-state index < -0.39 is 40.7 Å². The van der Waals surface area contributed by atoms with Crippen molar-refractivity contribution in [2.75, 3.05) is 0 Å². The van der Waals surface area contributed by atoms with Crippen molar-refractivity contribution in [3.8, 4) is 0 Å². The van der Waals surface area contributed by atoms with Crippen LogP contribution in [0.1, 0.15) is 93.9 Å². The zero-order valence-corrected chi connectivity index (χ0v) is 24.3. The lowest BCUT2D eigenvalue weighted by Gasteiger charge is -2.62. The van der Waals surface area contributed by atoms with Crippen LogP contribution in [0.25, 0.3) is 0 Å². The molecule has 0 aromatic heterocycles. The van der Waals surface area contributed by atoms with E-state index in [0.29, 0.717) is 18.3 Å². The smallest absolute Gasteiger partial charge is 0.303 e. The number of hydrogen-bond donors (Lipinski definition) is 3. The molecule has 0 amide bonds. The number of hydrogen-bond acceptors (Lipinski definition) is 5. The molecule has 1 saturated carbocycles.